The van der Waals surface area contributed by atoms with Crippen molar-refractivity contribution in [3.8, 4) is 5.75 Å². The minimum Gasteiger partial charge on any atom is -0.496 e. The molecule has 1 N–H and O–H groups in total. The van der Waals surface area contributed by atoms with Gasteiger partial charge in [-0.05, 0) is 32.4 Å². The number of hydrogen-bond acceptors (Lipinski definition) is 5. The molecule has 7 heteroatoms. The minimum atomic E-state index is -0.131. The maximum atomic E-state index is 12.5. The van der Waals surface area contributed by atoms with Crippen molar-refractivity contribution in [2.75, 3.05) is 7.11 Å². The van der Waals surface area contributed by atoms with Gasteiger partial charge in [-0.2, -0.15) is 4.98 Å². The molecule has 0 fully saturated rings. The van der Waals surface area contributed by atoms with Gasteiger partial charge in [0.2, 0.25) is 5.91 Å². The second kappa shape index (κ2) is 7.51. The molecule has 1 amide bonds. The quantitative estimate of drug-likeness (QED) is 0.736. The van der Waals surface area contributed by atoms with Crippen molar-refractivity contribution < 1.29 is 9.53 Å². The fourth-order valence-electron chi connectivity index (χ4n) is 3.03. The Bertz CT molecular complexity index is 935. The van der Waals surface area contributed by atoms with Crippen molar-refractivity contribution >= 4 is 11.7 Å². The molecular weight excluding hydrogens is 330 g/mol. The van der Waals surface area contributed by atoms with Crippen molar-refractivity contribution in [2.24, 2.45) is 0 Å². The summed E-state index contributed by atoms with van der Waals surface area (Å²) in [6.07, 6.45) is 0.859. The summed E-state index contributed by atoms with van der Waals surface area (Å²) in [6.45, 7) is 5.87. The molecule has 0 unspecified atom stereocenters. The molecule has 2 aromatic heterocycles. The molecule has 0 spiro atoms. The van der Waals surface area contributed by atoms with Crippen LogP contribution in [0.1, 0.15) is 42.2 Å². The minimum absolute atomic E-state index is 0.105. The van der Waals surface area contributed by atoms with Gasteiger partial charge < -0.3 is 10.1 Å². The van der Waals surface area contributed by atoms with Crippen LogP contribution in [0.4, 0.5) is 0 Å². The van der Waals surface area contributed by atoms with Gasteiger partial charge in [-0.25, -0.2) is 9.50 Å². The van der Waals surface area contributed by atoms with Crippen molar-refractivity contribution in [1.29, 1.82) is 0 Å². The van der Waals surface area contributed by atoms with Crippen LogP contribution >= 0.6 is 0 Å². The number of benzene rings is 1. The number of carbonyl (C=O) groups is 1. The lowest BCUT2D eigenvalue weighted by Crippen LogP contribution is -2.30. The van der Waals surface area contributed by atoms with E-state index in [4.69, 9.17) is 4.74 Å². The van der Waals surface area contributed by atoms with E-state index in [1.54, 1.807) is 11.6 Å². The average Bonchev–Trinajstić information content (AvgIpc) is 3.02. The molecular formula is C19H23N5O2. The second-order valence-corrected chi connectivity index (χ2v) is 6.23. The lowest BCUT2D eigenvalue weighted by molar-refractivity contribution is -0.121. The summed E-state index contributed by atoms with van der Waals surface area (Å²) in [5.74, 6) is 1.61. The van der Waals surface area contributed by atoms with Gasteiger partial charge in [0.15, 0.2) is 5.82 Å². The number of carbonyl (C=O) groups excluding carboxylic acids is 1. The Morgan fingerprint density at radius 3 is 2.77 bits per heavy atom. The summed E-state index contributed by atoms with van der Waals surface area (Å²) in [7, 11) is 1.63. The molecule has 7 nitrogen and oxygen atoms in total. The lowest BCUT2D eigenvalue weighted by Gasteiger charge is -2.19. The van der Waals surface area contributed by atoms with Crippen LogP contribution in [0.5, 0.6) is 5.75 Å². The molecule has 0 aliphatic heterocycles. The number of ether oxygens (including phenoxy) is 1. The number of methoxy groups -OCH3 is 1. The highest BCUT2D eigenvalue weighted by atomic mass is 16.5. The Labute approximate surface area is 152 Å². The van der Waals surface area contributed by atoms with E-state index in [1.807, 2.05) is 51.1 Å². The maximum Gasteiger partial charge on any atom is 0.252 e. The van der Waals surface area contributed by atoms with Crippen LogP contribution in [0.25, 0.3) is 5.78 Å². The van der Waals surface area contributed by atoms with Crippen LogP contribution in [-0.2, 0) is 11.2 Å². The van der Waals surface area contributed by atoms with E-state index >= 15 is 0 Å². The molecule has 3 rings (SSSR count). The first-order valence-corrected chi connectivity index (χ1v) is 8.64. The first-order valence-electron chi connectivity index (χ1n) is 8.64. The number of rotatable bonds is 6. The molecule has 0 saturated carbocycles. The van der Waals surface area contributed by atoms with Gasteiger partial charge in [0.05, 0.1) is 19.6 Å². The fourth-order valence-corrected chi connectivity index (χ4v) is 3.03. The standard InChI is InChI=1S/C19H23N5O2/c1-5-15(14-8-6-7-9-16(14)26-4)21-18(25)11-17-22-19-20-12(2)10-13(3)24(19)23-17/h6-10,15H,5,11H2,1-4H3,(H,21,25)/t15-/m0/s1. The van der Waals surface area contributed by atoms with Gasteiger partial charge in [0.1, 0.15) is 5.75 Å². The predicted octanol–water partition coefficient (Wildman–Crippen LogP) is 2.56. The first-order chi connectivity index (χ1) is 12.5. The monoisotopic (exact) mass is 353 g/mol. The zero-order valence-electron chi connectivity index (χ0n) is 15.5. The lowest BCUT2D eigenvalue weighted by atomic mass is 10.0. The zero-order chi connectivity index (χ0) is 18.7. The Kier molecular flexibility index (Phi) is 5.16. The highest BCUT2D eigenvalue weighted by Gasteiger charge is 2.18. The van der Waals surface area contributed by atoms with E-state index in [0.717, 1.165) is 29.1 Å². The molecule has 0 saturated heterocycles. The Morgan fingerprint density at radius 1 is 1.27 bits per heavy atom. The molecule has 3 aromatic rings. The summed E-state index contributed by atoms with van der Waals surface area (Å²) in [4.78, 5) is 21.2. The van der Waals surface area contributed by atoms with E-state index in [2.05, 4.69) is 20.4 Å². The topological polar surface area (TPSA) is 81.4 Å². The zero-order valence-corrected chi connectivity index (χ0v) is 15.5. The molecule has 0 aliphatic rings. The Hall–Kier alpha value is -2.96. The van der Waals surface area contributed by atoms with Gasteiger partial charge in [-0.15, -0.1) is 5.10 Å². The van der Waals surface area contributed by atoms with E-state index < -0.39 is 0 Å². The highest BCUT2D eigenvalue weighted by Crippen LogP contribution is 2.26. The number of aromatic nitrogens is 4. The fraction of sp³-hybridized carbons (Fsp3) is 0.368. The van der Waals surface area contributed by atoms with Gasteiger partial charge in [0, 0.05) is 17.0 Å². The number of para-hydroxylation sites is 1. The number of nitrogens with one attached hydrogen (secondary N) is 1. The van der Waals surface area contributed by atoms with Crippen molar-refractivity contribution in [1.82, 2.24) is 24.9 Å². The second-order valence-electron chi connectivity index (χ2n) is 6.23. The third-order valence-corrected chi connectivity index (χ3v) is 4.24. The number of amides is 1. The van der Waals surface area contributed by atoms with Crippen molar-refractivity contribution in [2.45, 2.75) is 39.7 Å². The third kappa shape index (κ3) is 3.66. The van der Waals surface area contributed by atoms with E-state index in [1.165, 1.54) is 0 Å². The number of nitrogens with zero attached hydrogens (tertiary/aromatic N) is 4. The summed E-state index contributed by atoms with van der Waals surface area (Å²) in [6, 6.07) is 9.51. The molecule has 136 valence electrons. The molecule has 0 aliphatic carbocycles. The Balaban J connectivity index is 1.76. The first kappa shape index (κ1) is 17.8. The van der Waals surface area contributed by atoms with Crippen LogP contribution in [0.3, 0.4) is 0 Å². The van der Waals surface area contributed by atoms with Gasteiger partial charge >= 0.3 is 0 Å². The van der Waals surface area contributed by atoms with Crippen LogP contribution in [0, 0.1) is 13.8 Å². The maximum absolute atomic E-state index is 12.5. The van der Waals surface area contributed by atoms with E-state index in [-0.39, 0.29) is 18.4 Å². The van der Waals surface area contributed by atoms with E-state index in [0.29, 0.717) is 11.6 Å². The number of hydrogen-bond donors (Lipinski definition) is 1. The van der Waals surface area contributed by atoms with Crippen LogP contribution in [0.2, 0.25) is 0 Å². The smallest absolute Gasteiger partial charge is 0.252 e. The molecule has 1 atom stereocenters. The molecule has 1 aromatic carbocycles. The average molecular weight is 353 g/mol. The SMILES string of the molecule is CC[C@H](NC(=O)Cc1nc2nc(C)cc(C)n2n1)c1ccccc1OC. The number of fused-ring (bicyclic) bond motifs is 1. The molecule has 0 radical (unpaired) electrons. The van der Waals surface area contributed by atoms with Crippen LogP contribution in [0.15, 0.2) is 30.3 Å². The summed E-state index contributed by atoms with van der Waals surface area (Å²) < 4.78 is 7.06. The summed E-state index contributed by atoms with van der Waals surface area (Å²) >= 11 is 0. The third-order valence-electron chi connectivity index (χ3n) is 4.24. The normalized spacial score (nSPS) is 12.2. The summed E-state index contributed by atoms with van der Waals surface area (Å²) in [5.41, 5.74) is 2.77. The molecule has 0 bridgehead atoms. The largest absolute Gasteiger partial charge is 0.496 e. The van der Waals surface area contributed by atoms with Gasteiger partial charge in [-0.1, -0.05) is 25.1 Å². The number of aryl methyl sites for hydroxylation is 2. The van der Waals surface area contributed by atoms with Crippen LogP contribution < -0.4 is 10.1 Å². The van der Waals surface area contributed by atoms with Gasteiger partial charge in [-0.3, -0.25) is 4.79 Å². The Morgan fingerprint density at radius 2 is 2.04 bits per heavy atom. The predicted molar refractivity (Wildman–Crippen MR) is 98.1 cm³/mol. The molecule has 2 heterocycles. The van der Waals surface area contributed by atoms with Crippen molar-refractivity contribution in [3.63, 3.8) is 0 Å². The molecule has 26 heavy (non-hydrogen) atoms. The van der Waals surface area contributed by atoms with Crippen molar-refractivity contribution in [3.05, 3.63) is 53.1 Å². The van der Waals surface area contributed by atoms with Crippen LogP contribution in [-0.4, -0.2) is 32.6 Å². The summed E-state index contributed by atoms with van der Waals surface area (Å²) in [5, 5.41) is 7.44. The highest BCUT2D eigenvalue weighted by molar-refractivity contribution is 5.78. The van der Waals surface area contributed by atoms with E-state index in [9.17, 15) is 4.79 Å². The van der Waals surface area contributed by atoms with Gasteiger partial charge in [0.25, 0.3) is 5.78 Å².